The van der Waals surface area contributed by atoms with Crippen LogP contribution in [0.4, 0.5) is 8.78 Å². The van der Waals surface area contributed by atoms with Crippen LogP contribution in [0.1, 0.15) is 15.9 Å². The van der Waals surface area contributed by atoms with Gasteiger partial charge in [0.25, 0.3) is 5.91 Å². The molecule has 0 aliphatic heterocycles. The maximum atomic E-state index is 14.0. The van der Waals surface area contributed by atoms with Crippen LogP contribution in [0.2, 0.25) is 0 Å². The van der Waals surface area contributed by atoms with Crippen LogP contribution < -0.4 is 14.2 Å². The first-order valence-electron chi connectivity index (χ1n) is 6.96. The summed E-state index contributed by atoms with van der Waals surface area (Å²) in [6.45, 7) is -0.275. The summed E-state index contributed by atoms with van der Waals surface area (Å²) in [5.74, 6) is -2.17. The van der Waals surface area contributed by atoms with Crippen molar-refractivity contribution in [3.8, 4) is 11.5 Å². The highest BCUT2D eigenvalue weighted by Gasteiger charge is 2.19. The van der Waals surface area contributed by atoms with E-state index in [1.54, 1.807) is 29.0 Å². The molecule has 0 radical (unpaired) electrons. The van der Waals surface area contributed by atoms with Gasteiger partial charge in [-0.25, -0.2) is 21.9 Å². The van der Waals surface area contributed by atoms with E-state index in [4.69, 9.17) is 9.47 Å². The average molecular weight is 371 g/mol. The predicted molar refractivity (Wildman–Crippen MR) is 86.0 cm³/mol. The van der Waals surface area contributed by atoms with E-state index in [1.165, 1.54) is 7.11 Å². The lowest BCUT2D eigenvalue weighted by molar-refractivity contribution is 0.0977. The molecule has 2 aromatic carbocycles. The quantitative estimate of drug-likeness (QED) is 0.842. The maximum absolute atomic E-state index is 14.0. The van der Waals surface area contributed by atoms with Gasteiger partial charge in [0.1, 0.15) is 29.7 Å². The molecule has 2 rings (SSSR count). The Balaban J connectivity index is 2.14. The van der Waals surface area contributed by atoms with Crippen LogP contribution in [-0.2, 0) is 16.6 Å². The Morgan fingerprint density at radius 3 is 2.24 bits per heavy atom. The zero-order chi connectivity index (χ0) is 18.6. The summed E-state index contributed by atoms with van der Waals surface area (Å²) in [5.41, 5.74) is -0.833. The largest absolute Gasteiger partial charge is 0.497 e. The third-order valence-electron chi connectivity index (χ3n) is 3.11. The van der Waals surface area contributed by atoms with Gasteiger partial charge in [0.15, 0.2) is 0 Å². The number of benzene rings is 2. The molecule has 0 spiro atoms. The van der Waals surface area contributed by atoms with E-state index in [0.29, 0.717) is 17.6 Å². The second-order valence-electron chi connectivity index (χ2n) is 5.09. The fraction of sp³-hybridized carbons (Fsp3) is 0.188. The van der Waals surface area contributed by atoms with Gasteiger partial charge in [0, 0.05) is 5.56 Å². The van der Waals surface area contributed by atoms with Gasteiger partial charge in [-0.15, -0.1) is 0 Å². The molecule has 0 fully saturated rings. The summed E-state index contributed by atoms with van der Waals surface area (Å²) >= 11 is 0. The van der Waals surface area contributed by atoms with Crippen molar-refractivity contribution in [2.24, 2.45) is 0 Å². The van der Waals surface area contributed by atoms with Crippen molar-refractivity contribution in [3.05, 3.63) is 59.2 Å². The van der Waals surface area contributed by atoms with Gasteiger partial charge in [-0.05, 0) is 36.4 Å². The van der Waals surface area contributed by atoms with Crippen molar-refractivity contribution in [3.63, 3.8) is 0 Å². The molecule has 9 heteroatoms. The van der Waals surface area contributed by atoms with Gasteiger partial charge in [-0.1, -0.05) is 0 Å². The smallest absolute Gasteiger partial charge is 0.267 e. The average Bonchev–Trinajstić information content (AvgIpc) is 2.54. The van der Waals surface area contributed by atoms with E-state index in [1.807, 2.05) is 0 Å². The van der Waals surface area contributed by atoms with E-state index in [0.717, 1.165) is 12.3 Å². The third kappa shape index (κ3) is 5.15. The van der Waals surface area contributed by atoms with Crippen LogP contribution >= 0.6 is 0 Å². The normalized spacial score (nSPS) is 11.0. The number of carbonyl (C=O) groups excluding carboxylic acids is 1. The Bertz CT molecular complexity index is 882. The fourth-order valence-electron chi connectivity index (χ4n) is 1.93. The van der Waals surface area contributed by atoms with E-state index in [-0.39, 0.29) is 12.2 Å². The van der Waals surface area contributed by atoms with Crippen LogP contribution in [-0.4, -0.2) is 27.7 Å². The van der Waals surface area contributed by atoms with Crippen molar-refractivity contribution in [1.82, 2.24) is 4.72 Å². The Hall–Kier alpha value is -2.68. The van der Waals surface area contributed by atoms with Crippen LogP contribution in [0.3, 0.4) is 0 Å². The van der Waals surface area contributed by atoms with E-state index < -0.39 is 33.1 Å². The number of nitrogens with one attached hydrogen (secondary N) is 1. The molecule has 0 aliphatic carbocycles. The maximum Gasteiger partial charge on any atom is 0.267 e. The van der Waals surface area contributed by atoms with Gasteiger partial charge in [-0.2, -0.15) is 0 Å². The number of carbonyl (C=O) groups is 1. The predicted octanol–water partition coefficient (Wildman–Crippen LogP) is 2.24. The molecule has 6 nitrogen and oxygen atoms in total. The van der Waals surface area contributed by atoms with Gasteiger partial charge < -0.3 is 9.47 Å². The van der Waals surface area contributed by atoms with E-state index in [2.05, 4.69) is 0 Å². The molecular weight excluding hydrogens is 356 g/mol. The molecule has 2 aromatic rings. The van der Waals surface area contributed by atoms with Crippen LogP contribution in [0.15, 0.2) is 36.4 Å². The van der Waals surface area contributed by atoms with Crippen LogP contribution in [0, 0.1) is 11.6 Å². The zero-order valence-corrected chi connectivity index (χ0v) is 14.2. The highest BCUT2D eigenvalue weighted by Crippen LogP contribution is 2.20. The molecule has 1 amide bonds. The van der Waals surface area contributed by atoms with Crippen molar-refractivity contribution in [1.29, 1.82) is 0 Å². The molecule has 134 valence electrons. The summed E-state index contributed by atoms with van der Waals surface area (Å²) in [6.07, 6.45) is 0.732. The molecule has 0 atom stereocenters. The highest BCUT2D eigenvalue weighted by atomic mass is 32.2. The Morgan fingerprint density at radius 1 is 1.08 bits per heavy atom. The SMILES string of the molecule is COc1ccc(OCc2cc(F)c(C(=O)NS(C)(=O)=O)cc2F)cc1. The minimum atomic E-state index is -3.89. The molecule has 0 unspecified atom stereocenters. The molecule has 25 heavy (non-hydrogen) atoms. The monoisotopic (exact) mass is 371 g/mol. The van der Waals surface area contributed by atoms with Gasteiger partial charge in [-0.3, -0.25) is 4.79 Å². The minimum Gasteiger partial charge on any atom is -0.497 e. The van der Waals surface area contributed by atoms with Crippen LogP contribution in [0.5, 0.6) is 11.5 Å². The standard InChI is InChI=1S/C16H15F2NO5S/c1-23-11-3-5-12(6-4-11)24-9-10-7-15(18)13(8-14(10)17)16(20)19-25(2,21)22/h3-8H,9H2,1-2H3,(H,19,20). The minimum absolute atomic E-state index is 0.121. The number of amides is 1. The van der Waals surface area contributed by atoms with Crippen molar-refractivity contribution in [2.75, 3.05) is 13.4 Å². The molecule has 0 saturated heterocycles. The number of sulfonamides is 1. The second-order valence-corrected chi connectivity index (χ2v) is 6.84. The molecular formula is C16H15F2NO5S. The summed E-state index contributed by atoms with van der Waals surface area (Å²) < 4.78 is 62.0. The Labute approximate surface area is 143 Å². The number of rotatable bonds is 6. The third-order valence-corrected chi connectivity index (χ3v) is 3.67. The van der Waals surface area contributed by atoms with Crippen molar-refractivity contribution >= 4 is 15.9 Å². The van der Waals surface area contributed by atoms with Gasteiger partial charge >= 0.3 is 0 Å². The number of halogens is 2. The van der Waals surface area contributed by atoms with Gasteiger partial charge in [0.2, 0.25) is 10.0 Å². The molecule has 0 saturated carbocycles. The fourth-order valence-corrected chi connectivity index (χ4v) is 2.38. The van der Waals surface area contributed by atoms with Crippen molar-refractivity contribution < 1.29 is 31.5 Å². The van der Waals surface area contributed by atoms with Crippen molar-refractivity contribution in [2.45, 2.75) is 6.61 Å². The zero-order valence-electron chi connectivity index (χ0n) is 13.4. The topological polar surface area (TPSA) is 81.7 Å². The highest BCUT2D eigenvalue weighted by molar-refractivity contribution is 7.89. The number of methoxy groups -OCH3 is 1. The summed E-state index contributed by atoms with van der Waals surface area (Å²) in [6, 6.07) is 7.90. The molecule has 1 N–H and O–H groups in total. The summed E-state index contributed by atoms with van der Waals surface area (Å²) in [4.78, 5) is 11.6. The van der Waals surface area contributed by atoms with Crippen LogP contribution in [0.25, 0.3) is 0 Å². The lowest BCUT2D eigenvalue weighted by atomic mass is 10.1. The summed E-state index contributed by atoms with van der Waals surface area (Å²) in [5, 5.41) is 0. The molecule has 0 aliphatic rings. The number of ether oxygens (including phenoxy) is 2. The Morgan fingerprint density at radius 2 is 1.68 bits per heavy atom. The first-order chi connectivity index (χ1) is 11.7. The van der Waals surface area contributed by atoms with E-state index in [9.17, 15) is 22.0 Å². The Kier molecular flexibility index (Phi) is 5.58. The summed E-state index contributed by atoms with van der Waals surface area (Å²) in [7, 11) is -2.38. The number of hydrogen-bond acceptors (Lipinski definition) is 5. The molecule has 0 heterocycles. The molecule has 0 aromatic heterocycles. The first kappa shape index (κ1) is 18.7. The lowest BCUT2D eigenvalue weighted by Crippen LogP contribution is -2.30. The van der Waals surface area contributed by atoms with E-state index >= 15 is 0 Å². The molecule has 0 bridgehead atoms. The first-order valence-corrected chi connectivity index (χ1v) is 8.85. The number of hydrogen-bond donors (Lipinski definition) is 1. The lowest BCUT2D eigenvalue weighted by Gasteiger charge is -2.10. The second kappa shape index (κ2) is 7.47. The van der Waals surface area contributed by atoms with Gasteiger partial charge in [0.05, 0.1) is 18.9 Å².